The standard InChI is InChI=1S/C15H13N3OS/c16-8-9-4-5-12(11(17)6-9)18-15(19)14-7-10-2-1-3-13(10)20-14/h4-7H,1-3,17H2,(H,18,19). The lowest BCUT2D eigenvalue weighted by Gasteiger charge is -2.07. The Labute approximate surface area is 120 Å². The Morgan fingerprint density at radius 1 is 1.35 bits per heavy atom. The van der Waals surface area contributed by atoms with E-state index in [9.17, 15) is 4.79 Å². The fourth-order valence-electron chi connectivity index (χ4n) is 2.37. The molecule has 1 heterocycles. The second kappa shape index (κ2) is 4.99. The Hall–Kier alpha value is -2.32. The van der Waals surface area contributed by atoms with E-state index in [2.05, 4.69) is 5.32 Å². The fourth-order valence-corrected chi connectivity index (χ4v) is 3.52. The third-order valence-electron chi connectivity index (χ3n) is 3.40. The molecule has 0 fully saturated rings. The van der Waals surface area contributed by atoms with E-state index < -0.39 is 0 Å². The molecule has 3 N–H and O–H groups in total. The molecule has 0 saturated heterocycles. The van der Waals surface area contributed by atoms with Crippen molar-refractivity contribution in [2.75, 3.05) is 11.1 Å². The first-order valence-electron chi connectivity index (χ1n) is 6.40. The highest BCUT2D eigenvalue weighted by Gasteiger charge is 2.18. The lowest BCUT2D eigenvalue weighted by molar-refractivity contribution is 0.103. The molecule has 1 aromatic heterocycles. The molecule has 0 atom stereocenters. The van der Waals surface area contributed by atoms with Gasteiger partial charge in [-0.3, -0.25) is 4.79 Å². The average Bonchev–Trinajstić information content (AvgIpc) is 3.01. The Balaban J connectivity index is 1.80. The monoisotopic (exact) mass is 283 g/mol. The molecule has 1 aliphatic rings. The molecule has 0 spiro atoms. The van der Waals surface area contributed by atoms with Crippen LogP contribution in [0.4, 0.5) is 11.4 Å². The maximum Gasteiger partial charge on any atom is 0.265 e. The number of hydrogen-bond acceptors (Lipinski definition) is 4. The highest BCUT2D eigenvalue weighted by atomic mass is 32.1. The maximum atomic E-state index is 12.2. The lowest BCUT2D eigenvalue weighted by atomic mass is 10.2. The number of amides is 1. The molecule has 5 heteroatoms. The van der Waals surface area contributed by atoms with E-state index in [4.69, 9.17) is 11.0 Å². The predicted molar refractivity (Wildman–Crippen MR) is 79.9 cm³/mol. The molecule has 20 heavy (non-hydrogen) atoms. The van der Waals surface area contributed by atoms with Crippen molar-refractivity contribution in [2.24, 2.45) is 0 Å². The van der Waals surface area contributed by atoms with Crippen molar-refractivity contribution in [1.82, 2.24) is 0 Å². The Bertz CT molecular complexity index is 706. The summed E-state index contributed by atoms with van der Waals surface area (Å²) in [6.45, 7) is 0. The van der Waals surface area contributed by atoms with Gasteiger partial charge in [-0.25, -0.2) is 0 Å². The molecular formula is C15H13N3OS. The van der Waals surface area contributed by atoms with Crippen LogP contribution in [0.1, 0.15) is 32.1 Å². The first kappa shape index (κ1) is 12.7. The SMILES string of the molecule is N#Cc1ccc(NC(=O)c2cc3c(s2)CCC3)c(N)c1. The van der Waals surface area contributed by atoms with Crippen LogP contribution in [0.25, 0.3) is 0 Å². The number of anilines is 2. The highest BCUT2D eigenvalue weighted by Crippen LogP contribution is 2.31. The summed E-state index contributed by atoms with van der Waals surface area (Å²) in [5.41, 5.74) is 8.56. The van der Waals surface area contributed by atoms with E-state index in [0.717, 1.165) is 17.7 Å². The number of aryl methyl sites for hydroxylation is 2. The van der Waals surface area contributed by atoms with Crippen molar-refractivity contribution in [2.45, 2.75) is 19.3 Å². The van der Waals surface area contributed by atoms with Gasteiger partial charge in [0, 0.05) is 4.88 Å². The van der Waals surface area contributed by atoms with Crippen LogP contribution in [-0.2, 0) is 12.8 Å². The van der Waals surface area contributed by atoms with Crippen LogP contribution >= 0.6 is 11.3 Å². The first-order chi connectivity index (χ1) is 9.67. The molecule has 100 valence electrons. The minimum Gasteiger partial charge on any atom is -0.397 e. The van der Waals surface area contributed by atoms with Crippen LogP contribution in [0.15, 0.2) is 24.3 Å². The number of nitriles is 1. The van der Waals surface area contributed by atoms with Crippen LogP contribution in [0.3, 0.4) is 0 Å². The summed E-state index contributed by atoms with van der Waals surface area (Å²) in [6.07, 6.45) is 3.33. The zero-order valence-corrected chi connectivity index (χ0v) is 11.6. The molecule has 0 radical (unpaired) electrons. The summed E-state index contributed by atoms with van der Waals surface area (Å²) >= 11 is 1.56. The van der Waals surface area contributed by atoms with Crippen LogP contribution < -0.4 is 11.1 Å². The number of fused-ring (bicyclic) bond motifs is 1. The van der Waals surface area contributed by atoms with Crippen molar-refractivity contribution < 1.29 is 4.79 Å². The number of carbonyl (C=O) groups excluding carboxylic acids is 1. The second-order valence-electron chi connectivity index (χ2n) is 4.78. The largest absolute Gasteiger partial charge is 0.397 e. The number of nitrogens with one attached hydrogen (secondary N) is 1. The molecule has 1 aromatic carbocycles. The Kier molecular flexibility index (Phi) is 3.17. The van der Waals surface area contributed by atoms with E-state index in [1.807, 2.05) is 12.1 Å². The number of benzene rings is 1. The van der Waals surface area contributed by atoms with Gasteiger partial charge < -0.3 is 11.1 Å². The number of carbonyl (C=O) groups is 1. The second-order valence-corrected chi connectivity index (χ2v) is 5.92. The number of hydrogen-bond donors (Lipinski definition) is 2. The predicted octanol–water partition coefficient (Wildman–Crippen LogP) is 2.94. The average molecular weight is 283 g/mol. The van der Waals surface area contributed by atoms with Crippen molar-refractivity contribution in [3.05, 3.63) is 45.1 Å². The zero-order chi connectivity index (χ0) is 14.1. The van der Waals surface area contributed by atoms with Gasteiger partial charge in [0.25, 0.3) is 5.91 Å². The van der Waals surface area contributed by atoms with Crippen molar-refractivity contribution in [3.8, 4) is 6.07 Å². The van der Waals surface area contributed by atoms with Gasteiger partial charge in [0.15, 0.2) is 0 Å². The van der Waals surface area contributed by atoms with Crippen LogP contribution in [-0.4, -0.2) is 5.91 Å². The molecule has 0 saturated carbocycles. The summed E-state index contributed by atoms with van der Waals surface area (Å²) in [5.74, 6) is -0.138. The first-order valence-corrected chi connectivity index (χ1v) is 7.21. The van der Waals surface area contributed by atoms with Gasteiger partial charge in [-0.15, -0.1) is 11.3 Å². The summed E-state index contributed by atoms with van der Waals surface area (Å²) < 4.78 is 0. The van der Waals surface area contributed by atoms with Gasteiger partial charge >= 0.3 is 0 Å². The fraction of sp³-hybridized carbons (Fsp3) is 0.200. The van der Waals surface area contributed by atoms with E-state index in [1.54, 1.807) is 29.5 Å². The molecule has 1 amide bonds. The van der Waals surface area contributed by atoms with Gasteiger partial charge in [-0.1, -0.05) is 0 Å². The molecule has 0 unspecified atom stereocenters. The van der Waals surface area contributed by atoms with Crippen LogP contribution in [0.2, 0.25) is 0 Å². The number of nitrogens with zero attached hydrogens (tertiary/aromatic N) is 1. The smallest absolute Gasteiger partial charge is 0.265 e. The molecule has 2 aromatic rings. The minimum atomic E-state index is -0.138. The summed E-state index contributed by atoms with van der Waals surface area (Å²) in [4.78, 5) is 14.2. The third kappa shape index (κ3) is 2.26. The number of thiophene rings is 1. The minimum absolute atomic E-state index is 0.138. The molecule has 0 bridgehead atoms. The molecule has 1 aliphatic carbocycles. The van der Waals surface area contributed by atoms with Crippen molar-refractivity contribution in [3.63, 3.8) is 0 Å². The number of nitrogen functional groups attached to an aromatic ring is 1. The van der Waals surface area contributed by atoms with Crippen LogP contribution in [0.5, 0.6) is 0 Å². The number of rotatable bonds is 2. The van der Waals surface area contributed by atoms with E-state index in [1.165, 1.54) is 16.9 Å². The molecule has 0 aliphatic heterocycles. The summed E-state index contributed by atoms with van der Waals surface area (Å²) in [6, 6.07) is 8.85. The van der Waals surface area contributed by atoms with Gasteiger partial charge in [0.2, 0.25) is 0 Å². The number of nitrogens with two attached hydrogens (primary N) is 1. The highest BCUT2D eigenvalue weighted by molar-refractivity contribution is 7.14. The van der Waals surface area contributed by atoms with Gasteiger partial charge in [-0.05, 0) is 49.1 Å². The van der Waals surface area contributed by atoms with Gasteiger partial charge in [0.05, 0.1) is 27.9 Å². The lowest BCUT2D eigenvalue weighted by Crippen LogP contribution is -2.11. The topological polar surface area (TPSA) is 78.9 Å². The maximum absolute atomic E-state index is 12.2. The van der Waals surface area contributed by atoms with Crippen LogP contribution in [0, 0.1) is 11.3 Å². The Morgan fingerprint density at radius 3 is 2.90 bits per heavy atom. The summed E-state index contributed by atoms with van der Waals surface area (Å²) in [5, 5.41) is 11.6. The zero-order valence-electron chi connectivity index (χ0n) is 10.8. The normalized spacial score (nSPS) is 12.8. The summed E-state index contributed by atoms with van der Waals surface area (Å²) in [7, 11) is 0. The van der Waals surface area contributed by atoms with E-state index >= 15 is 0 Å². The third-order valence-corrected chi connectivity index (χ3v) is 4.64. The van der Waals surface area contributed by atoms with Gasteiger partial charge in [-0.2, -0.15) is 5.26 Å². The molecule has 3 rings (SSSR count). The van der Waals surface area contributed by atoms with Crippen molar-refractivity contribution in [1.29, 1.82) is 5.26 Å². The van der Waals surface area contributed by atoms with Crippen molar-refractivity contribution >= 4 is 28.6 Å². The Morgan fingerprint density at radius 2 is 2.20 bits per heavy atom. The molecular weight excluding hydrogens is 270 g/mol. The van der Waals surface area contributed by atoms with E-state index in [0.29, 0.717) is 16.9 Å². The van der Waals surface area contributed by atoms with E-state index in [-0.39, 0.29) is 5.91 Å². The van der Waals surface area contributed by atoms with Gasteiger partial charge in [0.1, 0.15) is 0 Å². The quantitative estimate of drug-likeness (QED) is 0.832. The molecule has 4 nitrogen and oxygen atoms in total.